The Hall–Kier alpha value is -1.80. The fourth-order valence-corrected chi connectivity index (χ4v) is 2.60. The van der Waals surface area contributed by atoms with E-state index in [9.17, 15) is 0 Å². The van der Waals surface area contributed by atoms with Crippen LogP contribution >= 0.6 is 0 Å². The Kier molecular flexibility index (Phi) is 5.82. The second-order valence-corrected chi connectivity index (χ2v) is 5.12. The van der Waals surface area contributed by atoms with Crippen molar-refractivity contribution in [2.24, 2.45) is 0 Å². The molecule has 0 saturated heterocycles. The molecule has 0 aliphatic carbocycles. The first kappa shape index (κ1) is 15.6. The molecule has 0 radical (unpaired) electrons. The fourth-order valence-electron chi connectivity index (χ4n) is 2.60. The summed E-state index contributed by atoms with van der Waals surface area (Å²) in [6, 6.07) is 16.9. The van der Waals surface area contributed by atoms with Crippen molar-refractivity contribution in [1.29, 1.82) is 0 Å². The summed E-state index contributed by atoms with van der Waals surface area (Å²) >= 11 is 0. The van der Waals surface area contributed by atoms with E-state index in [4.69, 9.17) is 4.74 Å². The van der Waals surface area contributed by atoms with Crippen molar-refractivity contribution in [3.8, 4) is 11.5 Å². The van der Waals surface area contributed by atoms with Gasteiger partial charge in [-0.2, -0.15) is 0 Å². The molecule has 2 heteroatoms. The van der Waals surface area contributed by atoms with Crippen LogP contribution in [0, 0.1) is 0 Å². The van der Waals surface area contributed by atoms with Gasteiger partial charge in [0.25, 0.3) is 0 Å². The van der Waals surface area contributed by atoms with Gasteiger partial charge in [0, 0.05) is 11.6 Å². The molecule has 2 aromatic carbocycles. The highest BCUT2D eigenvalue weighted by atomic mass is 16.5. The van der Waals surface area contributed by atoms with Gasteiger partial charge in [-0.15, -0.1) is 0 Å². The maximum Gasteiger partial charge on any atom is 0.132 e. The molecule has 0 fully saturated rings. The van der Waals surface area contributed by atoms with E-state index in [1.54, 1.807) is 0 Å². The van der Waals surface area contributed by atoms with Gasteiger partial charge in [-0.05, 0) is 37.1 Å². The van der Waals surface area contributed by atoms with Gasteiger partial charge in [0.15, 0.2) is 0 Å². The van der Waals surface area contributed by atoms with E-state index in [2.05, 4.69) is 56.4 Å². The fraction of sp³-hybridized carbons (Fsp3) is 0.368. The van der Waals surface area contributed by atoms with Crippen molar-refractivity contribution < 1.29 is 4.74 Å². The molecule has 0 bridgehead atoms. The smallest absolute Gasteiger partial charge is 0.132 e. The molecular formula is C19H25NO. The molecular weight excluding hydrogens is 258 g/mol. The van der Waals surface area contributed by atoms with Crippen molar-refractivity contribution in [3.63, 3.8) is 0 Å². The number of hydrogen-bond acceptors (Lipinski definition) is 2. The molecule has 1 unspecified atom stereocenters. The largest absolute Gasteiger partial charge is 0.457 e. The first-order valence-electron chi connectivity index (χ1n) is 7.88. The van der Waals surface area contributed by atoms with E-state index in [1.807, 2.05) is 18.2 Å². The third-order valence-electron chi connectivity index (χ3n) is 3.73. The lowest BCUT2D eigenvalue weighted by Gasteiger charge is -2.20. The first-order chi connectivity index (χ1) is 10.3. The molecule has 2 nitrogen and oxygen atoms in total. The Morgan fingerprint density at radius 1 is 0.905 bits per heavy atom. The van der Waals surface area contributed by atoms with Gasteiger partial charge in [-0.25, -0.2) is 0 Å². The number of hydrogen-bond donors (Lipinski definition) is 1. The number of aryl methyl sites for hydroxylation is 1. The lowest BCUT2D eigenvalue weighted by Crippen LogP contribution is -2.20. The Morgan fingerprint density at radius 3 is 2.24 bits per heavy atom. The molecule has 0 heterocycles. The van der Waals surface area contributed by atoms with Gasteiger partial charge in [-0.1, -0.05) is 57.2 Å². The Bertz CT molecular complexity index is 565. The number of nitrogens with one attached hydrogen (secondary N) is 1. The summed E-state index contributed by atoms with van der Waals surface area (Å²) in [5, 5.41) is 3.52. The zero-order chi connectivity index (χ0) is 15.1. The van der Waals surface area contributed by atoms with Crippen LogP contribution in [-0.4, -0.2) is 6.54 Å². The van der Waals surface area contributed by atoms with Crippen LogP contribution in [0.4, 0.5) is 0 Å². The summed E-state index contributed by atoms with van der Waals surface area (Å²) in [6.07, 6.45) is 2.02. The third-order valence-corrected chi connectivity index (χ3v) is 3.73. The highest BCUT2D eigenvalue weighted by Gasteiger charge is 2.14. The SMILES string of the molecule is CCNC(CC)c1ccccc1Oc1ccccc1CC. The lowest BCUT2D eigenvalue weighted by atomic mass is 10.0. The molecule has 21 heavy (non-hydrogen) atoms. The molecule has 0 aliphatic heterocycles. The third kappa shape index (κ3) is 3.85. The summed E-state index contributed by atoms with van der Waals surface area (Å²) in [5.74, 6) is 1.91. The normalized spacial score (nSPS) is 12.1. The van der Waals surface area contributed by atoms with E-state index in [0.717, 1.165) is 30.9 Å². The van der Waals surface area contributed by atoms with Gasteiger partial charge < -0.3 is 10.1 Å². The van der Waals surface area contributed by atoms with Crippen LogP contribution in [0.2, 0.25) is 0 Å². The average molecular weight is 283 g/mol. The van der Waals surface area contributed by atoms with Crippen molar-refractivity contribution in [1.82, 2.24) is 5.32 Å². The van der Waals surface area contributed by atoms with E-state index >= 15 is 0 Å². The highest BCUT2D eigenvalue weighted by molar-refractivity contribution is 5.42. The van der Waals surface area contributed by atoms with Gasteiger partial charge >= 0.3 is 0 Å². The maximum absolute atomic E-state index is 6.22. The quantitative estimate of drug-likeness (QED) is 0.763. The minimum Gasteiger partial charge on any atom is -0.457 e. The Morgan fingerprint density at radius 2 is 1.57 bits per heavy atom. The zero-order valence-electron chi connectivity index (χ0n) is 13.2. The van der Waals surface area contributed by atoms with Crippen LogP contribution in [0.3, 0.4) is 0 Å². The molecule has 1 atom stereocenters. The van der Waals surface area contributed by atoms with Crippen molar-refractivity contribution in [2.45, 2.75) is 39.7 Å². The number of para-hydroxylation sites is 2. The molecule has 2 aromatic rings. The van der Waals surface area contributed by atoms with Gasteiger partial charge in [0.1, 0.15) is 11.5 Å². The summed E-state index contributed by atoms with van der Waals surface area (Å²) in [5.41, 5.74) is 2.47. The second kappa shape index (κ2) is 7.84. The molecule has 0 aromatic heterocycles. The van der Waals surface area contributed by atoms with E-state index in [1.165, 1.54) is 11.1 Å². The molecule has 0 saturated carbocycles. The summed E-state index contributed by atoms with van der Waals surface area (Å²) < 4.78 is 6.22. The van der Waals surface area contributed by atoms with Crippen molar-refractivity contribution in [3.05, 3.63) is 59.7 Å². The van der Waals surface area contributed by atoms with E-state index < -0.39 is 0 Å². The summed E-state index contributed by atoms with van der Waals surface area (Å²) in [4.78, 5) is 0. The average Bonchev–Trinajstić information content (AvgIpc) is 2.54. The Balaban J connectivity index is 2.32. The van der Waals surface area contributed by atoms with Crippen LogP contribution in [0.1, 0.15) is 44.4 Å². The first-order valence-corrected chi connectivity index (χ1v) is 7.88. The summed E-state index contributed by atoms with van der Waals surface area (Å²) in [7, 11) is 0. The van der Waals surface area contributed by atoms with Crippen LogP contribution < -0.4 is 10.1 Å². The van der Waals surface area contributed by atoms with Gasteiger partial charge in [0.2, 0.25) is 0 Å². The van der Waals surface area contributed by atoms with Crippen LogP contribution in [-0.2, 0) is 6.42 Å². The van der Waals surface area contributed by atoms with E-state index in [0.29, 0.717) is 6.04 Å². The Labute approximate surface area is 128 Å². The maximum atomic E-state index is 6.22. The monoisotopic (exact) mass is 283 g/mol. The van der Waals surface area contributed by atoms with Crippen LogP contribution in [0.5, 0.6) is 11.5 Å². The van der Waals surface area contributed by atoms with Gasteiger partial charge in [0.05, 0.1) is 0 Å². The number of benzene rings is 2. The van der Waals surface area contributed by atoms with Crippen LogP contribution in [0.25, 0.3) is 0 Å². The van der Waals surface area contributed by atoms with Gasteiger partial charge in [-0.3, -0.25) is 0 Å². The summed E-state index contributed by atoms with van der Waals surface area (Å²) in [6.45, 7) is 7.45. The van der Waals surface area contributed by atoms with Crippen LogP contribution in [0.15, 0.2) is 48.5 Å². The van der Waals surface area contributed by atoms with Crippen molar-refractivity contribution >= 4 is 0 Å². The number of ether oxygens (including phenoxy) is 1. The molecule has 112 valence electrons. The molecule has 0 aliphatic rings. The topological polar surface area (TPSA) is 21.3 Å². The molecule has 2 rings (SSSR count). The zero-order valence-corrected chi connectivity index (χ0v) is 13.2. The minimum absolute atomic E-state index is 0.333. The highest BCUT2D eigenvalue weighted by Crippen LogP contribution is 2.32. The molecule has 1 N–H and O–H groups in total. The van der Waals surface area contributed by atoms with E-state index in [-0.39, 0.29) is 0 Å². The predicted octanol–water partition coefficient (Wildman–Crippen LogP) is 5.10. The standard InChI is InChI=1S/C19H25NO/c1-4-15-11-7-9-13-18(15)21-19-14-10-8-12-16(19)17(5-2)20-6-3/h7-14,17,20H,4-6H2,1-3H3. The predicted molar refractivity (Wildman–Crippen MR) is 89.0 cm³/mol. The lowest BCUT2D eigenvalue weighted by molar-refractivity contribution is 0.449. The molecule has 0 amide bonds. The number of rotatable bonds is 7. The van der Waals surface area contributed by atoms with Crippen molar-refractivity contribution in [2.75, 3.05) is 6.54 Å². The molecule has 0 spiro atoms. The minimum atomic E-state index is 0.333. The second-order valence-electron chi connectivity index (χ2n) is 5.12.